The zero-order valence-electron chi connectivity index (χ0n) is 13.7. The van der Waals surface area contributed by atoms with Crippen LogP contribution in [0.2, 0.25) is 0 Å². The molecule has 0 radical (unpaired) electrons. The van der Waals surface area contributed by atoms with Crippen LogP contribution in [-0.4, -0.2) is 29.7 Å². The zero-order chi connectivity index (χ0) is 18.7. The standard InChI is InChI=1S/C15H21F4N3O2/c1-14(2,16)7-11(13(20)24)22-8-9(4-5-21-3)10(6-12(22)23)15(17,18)19/h6,8,11,21H,4-5,7H2,1-3H3,(H2,20,24). The van der Waals surface area contributed by atoms with Gasteiger partial charge in [0, 0.05) is 18.7 Å². The Labute approximate surface area is 136 Å². The molecular weight excluding hydrogens is 330 g/mol. The van der Waals surface area contributed by atoms with Crippen molar-refractivity contribution >= 4 is 5.91 Å². The summed E-state index contributed by atoms with van der Waals surface area (Å²) in [6.45, 7) is 2.62. The summed E-state index contributed by atoms with van der Waals surface area (Å²) in [5.41, 5.74) is 1.11. The normalized spacial score (nSPS) is 13.8. The molecule has 1 aromatic rings. The molecule has 0 fully saturated rings. The predicted octanol–water partition coefficient (Wildman–Crippen LogP) is 1.79. The van der Waals surface area contributed by atoms with E-state index in [4.69, 9.17) is 5.73 Å². The van der Waals surface area contributed by atoms with Crippen LogP contribution in [0.4, 0.5) is 17.6 Å². The smallest absolute Gasteiger partial charge is 0.368 e. The second-order valence-corrected chi connectivity index (χ2v) is 6.15. The van der Waals surface area contributed by atoms with Crippen molar-refractivity contribution in [2.45, 2.75) is 44.6 Å². The summed E-state index contributed by atoms with van der Waals surface area (Å²) >= 11 is 0. The van der Waals surface area contributed by atoms with Gasteiger partial charge in [0.2, 0.25) is 5.91 Å². The maximum Gasteiger partial charge on any atom is 0.416 e. The average Bonchev–Trinajstić information content (AvgIpc) is 2.41. The molecule has 1 unspecified atom stereocenters. The maximum absolute atomic E-state index is 13.9. The molecule has 9 heteroatoms. The number of halogens is 4. The molecule has 1 atom stereocenters. The number of amides is 1. The summed E-state index contributed by atoms with van der Waals surface area (Å²) in [5.74, 6) is -0.984. The van der Waals surface area contributed by atoms with Gasteiger partial charge in [-0.15, -0.1) is 0 Å². The number of pyridine rings is 1. The van der Waals surface area contributed by atoms with Crippen molar-refractivity contribution in [2.24, 2.45) is 5.73 Å². The number of nitrogens with one attached hydrogen (secondary N) is 1. The number of aromatic nitrogens is 1. The molecule has 0 spiro atoms. The number of nitrogens with zero attached hydrogens (tertiary/aromatic N) is 1. The van der Waals surface area contributed by atoms with Gasteiger partial charge in [-0.2, -0.15) is 13.2 Å². The van der Waals surface area contributed by atoms with Crippen LogP contribution in [0.3, 0.4) is 0 Å². The fraction of sp³-hybridized carbons (Fsp3) is 0.600. The minimum atomic E-state index is -4.71. The van der Waals surface area contributed by atoms with Crippen molar-refractivity contribution in [3.8, 4) is 0 Å². The fourth-order valence-corrected chi connectivity index (χ4v) is 2.35. The van der Waals surface area contributed by atoms with Gasteiger partial charge in [-0.1, -0.05) is 0 Å². The Morgan fingerprint density at radius 2 is 1.92 bits per heavy atom. The lowest BCUT2D eigenvalue weighted by Crippen LogP contribution is -2.38. The molecule has 136 valence electrons. The fourth-order valence-electron chi connectivity index (χ4n) is 2.35. The number of alkyl halides is 4. The summed E-state index contributed by atoms with van der Waals surface area (Å²) in [6.07, 6.45) is -4.19. The first-order valence-electron chi connectivity index (χ1n) is 7.32. The number of hydrogen-bond donors (Lipinski definition) is 2. The minimum absolute atomic E-state index is 0.0177. The minimum Gasteiger partial charge on any atom is -0.368 e. The lowest BCUT2D eigenvalue weighted by Gasteiger charge is -2.24. The largest absolute Gasteiger partial charge is 0.416 e. The third-order valence-corrected chi connectivity index (χ3v) is 3.46. The summed E-state index contributed by atoms with van der Waals surface area (Å²) in [6, 6.07) is -0.945. The highest BCUT2D eigenvalue weighted by molar-refractivity contribution is 5.78. The molecule has 1 aromatic heterocycles. The van der Waals surface area contributed by atoms with Gasteiger partial charge in [0.05, 0.1) is 5.56 Å². The van der Waals surface area contributed by atoms with E-state index in [2.05, 4.69) is 5.32 Å². The van der Waals surface area contributed by atoms with Crippen molar-refractivity contribution in [2.75, 3.05) is 13.6 Å². The quantitative estimate of drug-likeness (QED) is 0.736. The third-order valence-electron chi connectivity index (χ3n) is 3.46. The molecule has 5 nitrogen and oxygen atoms in total. The van der Waals surface area contributed by atoms with Gasteiger partial charge in [-0.25, -0.2) is 4.39 Å². The number of nitrogens with two attached hydrogens (primary N) is 1. The second-order valence-electron chi connectivity index (χ2n) is 6.15. The van der Waals surface area contributed by atoms with Crippen LogP contribution in [0.15, 0.2) is 17.1 Å². The van der Waals surface area contributed by atoms with Crippen LogP contribution in [0.5, 0.6) is 0 Å². The third kappa shape index (κ3) is 5.33. The molecule has 0 bridgehead atoms. The molecule has 0 saturated heterocycles. The predicted molar refractivity (Wildman–Crippen MR) is 81.4 cm³/mol. The van der Waals surface area contributed by atoms with E-state index in [1.807, 2.05) is 0 Å². The van der Waals surface area contributed by atoms with E-state index in [0.717, 1.165) is 10.8 Å². The van der Waals surface area contributed by atoms with Crippen molar-refractivity contribution in [3.05, 3.63) is 33.7 Å². The molecule has 0 aromatic carbocycles. The Morgan fingerprint density at radius 3 is 2.33 bits per heavy atom. The summed E-state index contributed by atoms with van der Waals surface area (Å²) in [7, 11) is 1.57. The Bertz CT molecular complexity index is 648. The SMILES string of the molecule is CNCCc1cn(C(CC(C)(C)F)C(N)=O)c(=O)cc1C(F)(F)F. The van der Waals surface area contributed by atoms with Gasteiger partial charge >= 0.3 is 6.18 Å². The van der Waals surface area contributed by atoms with Gasteiger partial charge in [0.15, 0.2) is 0 Å². The van der Waals surface area contributed by atoms with E-state index >= 15 is 0 Å². The van der Waals surface area contributed by atoms with E-state index in [9.17, 15) is 27.2 Å². The summed E-state index contributed by atoms with van der Waals surface area (Å²) in [5, 5.41) is 2.71. The van der Waals surface area contributed by atoms with Gasteiger partial charge in [0.25, 0.3) is 5.56 Å². The van der Waals surface area contributed by atoms with Crippen molar-refractivity contribution < 1.29 is 22.4 Å². The van der Waals surface area contributed by atoms with Gasteiger partial charge in [-0.05, 0) is 39.4 Å². The summed E-state index contributed by atoms with van der Waals surface area (Å²) in [4.78, 5) is 23.7. The first-order valence-corrected chi connectivity index (χ1v) is 7.32. The molecule has 24 heavy (non-hydrogen) atoms. The Hall–Kier alpha value is -1.90. The van der Waals surface area contributed by atoms with E-state index in [0.29, 0.717) is 6.07 Å². The molecule has 1 rings (SSSR count). The van der Waals surface area contributed by atoms with Crippen molar-refractivity contribution in [3.63, 3.8) is 0 Å². The molecule has 1 heterocycles. The van der Waals surface area contributed by atoms with Crippen LogP contribution in [0, 0.1) is 0 Å². The lowest BCUT2D eigenvalue weighted by molar-refractivity contribution is -0.138. The number of rotatable bonds is 7. The first kappa shape index (κ1) is 20.1. The molecule has 1 amide bonds. The number of carbonyl (C=O) groups excluding carboxylic acids is 1. The van der Waals surface area contributed by atoms with E-state index in [1.165, 1.54) is 13.8 Å². The van der Waals surface area contributed by atoms with Gasteiger partial charge < -0.3 is 15.6 Å². The van der Waals surface area contributed by atoms with Crippen molar-refractivity contribution in [1.29, 1.82) is 0 Å². The van der Waals surface area contributed by atoms with E-state index < -0.39 is 41.3 Å². The average molecular weight is 351 g/mol. The second kappa shape index (κ2) is 7.33. The van der Waals surface area contributed by atoms with Crippen LogP contribution in [0.1, 0.15) is 37.4 Å². The Balaban J connectivity index is 3.47. The Kier molecular flexibility index (Phi) is 6.15. The Morgan fingerprint density at radius 1 is 1.33 bits per heavy atom. The van der Waals surface area contributed by atoms with Crippen LogP contribution in [0.25, 0.3) is 0 Å². The molecule has 0 saturated carbocycles. The number of likely N-dealkylation sites (N-methyl/N-ethyl adjacent to an activating group) is 1. The highest BCUT2D eigenvalue weighted by Gasteiger charge is 2.35. The highest BCUT2D eigenvalue weighted by atomic mass is 19.4. The number of carbonyl (C=O) groups is 1. The van der Waals surface area contributed by atoms with Crippen LogP contribution >= 0.6 is 0 Å². The highest BCUT2D eigenvalue weighted by Crippen LogP contribution is 2.32. The lowest BCUT2D eigenvalue weighted by atomic mass is 9.99. The number of hydrogen-bond acceptors (Lipinski definition) is 3. The molecule has 3 N–H and O–H groups in total. The van der Waals surface area contributed by atoms with Crippen LogP contribution in [-0.2, 0) is 17.4 Å². The van der Waals surface area contributed by atoms with Gasteiger partial charge in [0.1, 0.15) is 11.7 Å². The maximum atomic E-state index is 13.9. The monoisotopic (exact) mass is 351 g/mol. The first-order chi connectivity index (χ1) is 10.9. The van der Waals surface area contributed by atoms with Crippen LogP contribution < -0.4 is 16.6 Å². The molecule has 0 aliphatic rings. The summed E-state index contributed by atoms with van der Waals surface area (Å²) < 4.78 is 54.0. The van der Waals surface area contributed by atoms with Crippen molar-refractivity contribution in [1.82, 2.24) is 9.88 Å². The molecule has 0 aliphatic carbocycles. The topological polar surface area (TPSA) is 77.1 Å². The van der Waals surface area contributed by atoms with Gasteiger partial charge in [-0.3, -0.25) is 9.59 Å². The molecule has 0 aliphatic heterocycles. The van der Waals surface area contributed by atoms with E-state index in [-0.39, 0.29) is 18.5 Å². The number of primary amides is 1. The zero-order valence-corrected chi connectivity index (χ0v) is 13.7. The molecular formula is C15H21F4N3O2. The van der Waals surface area contributed by atoms with E-state index in [1.54, 1.807) is 7.05 Å².